The Morgan fingerprint density at radius 3 is 2.15 bits per heavy atom. The molecule has 4 aliphatic rings. The number of ether oxygens (including phenoxy) is 4. The molecule has 257 valence electrons. The number of aliphatic hydroxyl groups excluding tert-OH is 2. The van der Waals surface area contributed by atoms with Gasteiger partial charge in [-0.15, -0.1) is 0 Å². The number of amides is 1. The van der Waals surface area contributed by atoms with Crippen molar-refractivity contribution in [3.05, 3.63) is 11.1 Å². The van der Waals surface area contributed by atoms with E-state index in [0.29, 0.717) is 5.57 Å². The van der Waals surface area contributed by atoms with Gasteiger partial charge in [0.1, 0.15) is 35.1 Å². The third-order valence-corrected chi connectivity index (χ3v) is 10.8. The first kappa shape index (κ1) is 39.3. The summed E-state index contributed by atoms with van der Waals surface area (Å²) in [5.74, 6) is -4.65. The van der Waals surface area contributed by atoms with Crippen LogP contribution in [0.4, 0.5) is 4.79 Å². The third kappa shape index (κ3) is 6.22. The Labute approximate surface area is 305 Å². The Morgan fingerprint density at radius 1 is 1.07 bits per heavy atom. The molecule has 14 heteroatoms. The monoisotopic (exact) mass is 866 g/mol. The third-order valence-electron chi connectivity index (χ3n) is 10.8. The molecule has 3 fully saturated rings. The number of carbonyl (C=O) groups excluding carboxylic acids is 4. The fraction of sp³-hybridized carbons (Fsp3) is 0.812. The van der Waals surface area contributed by atoms with Gasteiger partial charge >= 0.3 is 18.0 Å². The van der Waals surface area contributed by atoms with Crippen LogP contribution in [-0.4, -0.2) is 104 Å². The van der Waals surface area contributed by atoms with E-state index in [-0.39, 0.29) is 69.1 Å². The van der Waals surface area contributed by atoms with Gasteiger partial charge in [-0.3, -0.25) is 14.4 Å². The van der Waals surface area contributed by atoms with E-state index in [1.807, 2.05) is 0 Å². The Bertz CT molecular complexity index is 1290. The van der Waals surface area contributed by atoms with Crippen LogP contribution in [0.3, 0.4) is 0 Å². The molecule has 1 heterocycles. The summed E-state index contributed by atoms with van der Waals surface area (Å²) in [6.45, 7) is 15.3. The van der Waals surface area contributed by atoms with Crippen molar-refractivity contribution < 1.29 is 103 Å². The average molecular weight is 867 g/mol. The Balaban J connectivity index is 0.00000576. The number of alkyl carbamates (subject to hydrolysis) is 1. The van der Waals surface area contributed by atoms with Gasteiger partial charge in [0, 0.05) is 81.2 Å². The maximum atomic E-state index is 14.3. The molecule has 0 aromatic heterocycles. The molecule has 1 radical (unpaired) electrons. The van der Waals surface area contributed by atoms with Gasteiger partial charge < -0.3 is 44.7 Å². The van der Waals surface area contributed by atoms with Gasteiger partial charge in [-0.2, -0.15) is 0 Å². The largest absolute Gasteiger partial charge is 0.459 e. The molecule has 2 saturated carbocycles. The molecule has 11 atom stereocenters. The first-order valence-corrected chi connectivity index (χ1v) is 15.5. The van der Waals surface area contributed by atoms with E-state index in [1.54, 1.807) is 55.4 Å². The molecule has 1 saturated heterocycles. The maximum Gasteiger partial charge on any atom is 0.407 e. The normalized spacial score (nSPS) is 39.5. The van der Waals surface area contributed by atoms with E-state index in [2.05, 4.69) is 5.32 Å². The van der Waals surface area contributed by atoms with E-state index in [0.717, 1.165) is 6.92 Å². The molecule has 4 rings (SSSR count). The molecule has 5 N–H and O–H groups in total. The number of hydrogen-bond donors (Lipinski definition) is 5. The van der Waals surface area contributed by atoms with Gasteiger partial charge in [-0.25, -0.2) is 4.79 Å². The number of fused-ring (bicyclic) bond motifs is 5. The van der Waals surface area contributed by atoms with Crippen molar-refractivity contribution in [2.45, 2.75) is 135 Å². The zero-order valence-corrected chi connectivity index (χ0v) is 33.1. The van der Waals surface area contributed by atoms with E-state index in [9.17, 15) is 39.6 Å². The van der Waals surface area contributed by atoms with Gasteiger partial charge in [0.25, 0.3) is 0 Å². The minimum absolute atomic E-state index is 0. The van der Waals surface area contributed by atoms with Crippen molar-refractivity contribution in [1.82, 2.24) is 5.32 Å². The number of nitrogens with one attached hydrogen (secondary N) is 1. The molecular formula is C32H49AcNO12. The molecule has 13 nitrogen and oxygen atoms in total. The second-order valence-electron chi connectivity index (χ2n) is 15.1. The fourth-order valence-corrected chi connectivity index (χ4v) is 7.87. The Hall–Kier alpha value is -1.14. The first-order chi connectivity index (χ1) is 20.4. The number of hydrogen-bond acceptors (Lipinski definition) is 12. The summed E-state index contributed by atoms with van der Waals surface area (Å²) in [7, 11) is 0. The van der Waals surface area contributed by atoms with Gasteiger partial charge in [-0.1, -0.05) is 13.8 Å². The zero-order chi connectivity index (χ0) is 34.2. The molecule has 0 aromatic rings. The molecule has 3 aliphatic carbocycles. The number of carbonyl (C=O) groups is 4. The summed E-state index contributed by atoms with van der Waals surface area (Å²) < 4.78 is 22.6. The quantitative estimate of drug-likeness (QED) is 0.151. The van der Waals surface area contributed by atoms with E-state index in [4.69, 9.17) is 18.9 Å². The number of rotatable bonds is 5. The van der Waals surface area contributed by atoms with Gasteiger partial charge in [0.2, 0.25) is 0 Å². The number of esters is 2. The number of Topliss-reactive ketones (excluding diaryl/α,β-unsaturated/α-hetero) is 1. The van der Waals surface area contributed by atoms with Crippen LogP contribution in [-0.2, 0) is 33.3 Å². The van der Waals surface area contributed by atoms with Crippen LogP contribution in [0.2, 0.25) is 0 Å². The summed E-state index contributed by atoms with van der Waals surface area (Å²) in [6.07, 6.45) is -8.12. The van der Waals surface area contributed by atoms with E-state index in [1.165, 1.54) is 6.92 Å². The standard InChI is InChI=1S/C32H49NO12.Ac/c1-14(16(3)33-27(39)45-28(5,6)7)26(38)44-18-12-32(41)25(43-17(4)34)23-30(10,19(35)11-20-31(23,40)13-42-20)24(37)22(36)21(15(18)2)29(32,8)9;/h14,16,18-20,22-23,25,35-36,40-41H,11-13H2,1-10H3,(H,33,39);/t14-,16+,18+,19+,20-,22-,23+,25+,30-,31+,32-;/m1./s1. The van der Waals surface area contributed by atoms with Gasteiger partial charge in [0.05, 0.1) is 30.1 Å². The van der Waals surface area contributed by atoms with Crippen molar-refractivity contribution in [2.24, 2.45) is 22.7 Å². The summed E-state index contributed by atoms with van der Waals surface area (Å²) in [5, 5.41) is 50.4. The smallest absolute Gasteiger partial charge is 0.407 e. The summed E-state index contributed by atoms with van der Waals surface area (Å²) in [6, 6.07) is -0.718. The van der Waals surface area contributed by atoms with Crippen LogP contribution in [0.1, 0.15) is 82.1 Å². The molecular weight excluding hydrogens is 817 g/mol. The molecule has 46 heavy (non-hydrogen) atoms. The van der Waals surface area contributed by atoms with Crippen molar-refractivity contribution >= 4 is 23.8 Å². The van der Waals surface area contributed by atoms with Gasteiger partial charge in [-0.05, 0) is 59.6 Å². The van der Waals surface area contributed by atoms with Crippen LogP contribution < -0.4 is 5.32 Å². The predicted molar refractivity (Wildman–Crippen MR) is 157 cm³/mol. The van der Waals surface area contributed by atoms with Crippen molar-refractivity contribution in [3.63, 3.8) is 0 Å². The molecule has 0 aromatic carbocycles. The zero-order valence-electron chi connectivity index (χ0n) is 28.4. The second kappa shape index (κ2) is 13.0. The fourth-order valence-electron chi connectivity index (χ4n) is 7.87. The second-order valence-corrected chi connectivity index (χ2v) is 15.1. The minimum Gasteiger partial charge on any atom is -0.459 e. The minimum atomic E-state index is -2.12. The van der Waals surface area contributed by atoms with Crippen LogP contribution in [0, 0.1) is 66.7 Å². The summed E-state index contributed by atoms with van der Waals surface area (Å²) in [4.78, 5) is 52.7. The average Bonchev–Trinajstić information content (AvgIpc) is 2.89. The molecule has 1 aliphatic heterocycles. The Morgan fingerprint density at radius 2 is 1.65 bits per heavy atom. The SMILES string of the molecule is CC(=O)O[C@H]1[C@@H]2[C@]3(O)CO[C@@H]3C[C@H](O)[C@@]2(C)C(=O)[C@H](O)C2=C(C)[C@@H](OC(=O)[C@H](C)[C@H](C)NC(=O)OC(C)(C)C)C[C@]1(O)C2(C)C.[Ac]. The van der Waals surface area contributed by atoms with Crippen molar-refractivity contribution in [1.29, 1.82) is 0 Å². The number of aliphatic hydroxyl groups is 4. The van der Waals surface area contributed by atoms with Crippen LogP contribution in [0.5, 0.6) is 0 Å². The first-order valence-electron chi connectivity index (χ1n) is 15.5. The molecule has 1 amide bonds. The predicted octanol–water partition coefficient (Wildman–Crippen LogP) is 1.32. The van der Waals surface area contributed by atoms with E-state index < -0.39 is 99.8 Å². The topological polar surface area (TPSA) is 198 Å². The van der Waals surface area contributed by atoms with Crippen LogP contribution in [0.15, 0.2) is 11.1 Å². The van der Waals surface area contributed by atoms with Crippen molar-refractivity contribution in [3.8, 4) is 0 Å². The van der Waals surface area contributed by atoms with Crippen LogP contribution >= 0.6 is 0 Å². The van der Waals surface area contributed by atoms with Gasteiger partial charge in [0.15, 0.2) is 5.78 Å². The van der Waals surface area contributed by atoms with Crippen LogP contribution in [0.25, 0.3) is 0 Å². The molecule has 0 spiro atoms. The summed E-state index contributed by atoms with van der Waals surface area (Å²) >= 11 is 0. The Kier molecular flexibility index (Phi) is 11.1. The van der Waals surface area contributed by atoms with E-state index >= 15 is 0 Å². The van der Waals surface area contributed by atoms with Crippen molar-refractivity contribution in [2.75, 3.05) is 6.61 Å². The maximum absolute atomic E-state index is 14.3. The molecule has 0 unspecified atom stereocenters. The molecule has 2 bridgehead atoms. The number of ketones is 1. The summed E-state index contributed by atoms with van der Waals surface area (Å²) in [5.41, 5.74) is -7.59.